The number of aryl methyl sites for hydroxylation is 1. The van der Waals surface area contributed by atoms with E-state index in [0.717, 1.165) is 54.0 Å². The summed E-state index contributed by atoms with van der Waals surface area (Å²) in [6, 6.07) is 11.6. The monoisotopic (exact) mass is 398 g/mol. The average molecular weight is 398 g/mol. The molecule has 1 aliphatic rings. The van der Waals surface area contributed by atoms with Gasteiger partial charge in [0.2, 0.25) is 0 Å². The normalized spacial score (nSPS) is 16.3. The molecule has 1 saturated heterocycles. The van der Waals surface area contributed by atoms with Crippen molar-refractivity contribution in [3.8, 4) is 11.5 Å². The highest BCUT2D eigenvalue weighted by molar-refractivity contribution is 5.95. The van der Waals surface area contributed by atoms with Crippen molar-refractivity contribution in [2.45, 2.75) is 12.8 Å². The number of amides is 1. The Hall–Kier alpha value is -3.61. The van der Waals surface area contributed by atoms with Crippen LogP contribution in [0.25, 0.3) is 22.4 Å². The largest absolute Gasteiger partial charge is 0.337 e. The summed E-state index contributed by atoms with van der Waals surface area (Å²) >= 11 is 0. The van der Waals surface area contributed by atoms with E-state index in [0.29, 0.717) is 11.6 Å². The van der Waals surface area contributed by atoms with E-state index in [1.54, 1.807) is 12.4 Å². The topological polar surface area (TPSA) is 76.8 Å². The van der Waals surface area contributed by atoms with Gasteiger partial charge in [-0.2, -0.15) is 0 Å². The number of hydrogen-bond acceptors (Lipinski definition) is 5. The Morgan fingerprint density at radius 1 is 1.10 bits per heavy atom. The first-order valence-electron chi connectivity index (χ1n) is 10.1. The zero-order chi connectivity index (χ0) is 20.5. The molecule has 30 heavy (non-hydrogen) atoms. The van der Waals surface area contributed by atoms with Gasteiger partial charge in [0.05, 0.1) is 17.4 Å². The van der Waals surface area contributed by atoms with Crippen LogP contribution in [0.4, 0.5) is 0 Å². The van der Waals surface area contributed by atoms with Crippen LogP contribution in [0.1, 0.15) is 22.6 Å². The maximum Gasteiger partial charge on any atom is 0.272 e. The lowest BCUT2D eigenvalue weighted by Crippen LogP contribution is -2.29. The van der Waals surface area contributed by atoms with Crippen molar-refractivity contribution in [3.63, 3.8) is 0 Å². The minimum Gasteiger partial charge on any atom is -0.337 e. The van der Waals surface area contributed by atoms with Gasteiger partial charge in [0, 0.05) is 44.1 Å². The molecular weight excluding hydrogens is 376 g/mol. The van der Waals surface area contributed by atoms with Gasteiger partial charge in [-0.15, -0.1) is 0 Å². The summed E-state index contributed by atoms with van der Waals surface area (Å²) in [7, 11) is 1.94. The molecular formula is C23H22N6O. The van der Waals surface area contributed by atoms with Crippen LogP contribution >= 0.6 is 0 Å². The molecule has 1 fully saturated rings. The van der Waals surface area contributed by atoms with Crippen molar-refractivity contribution in [3.05, 3.63) is 72.6 Å². The maximum atomic E-state index is 12.9. The molecule has 4 aromatic rings. The van der Waals surface area contributed by atoms with Gasteiger partial charge in [0.1, 0.15) is 11.4 Å². The fourth-order valence-corrected chi connectivity index (χ4v) is 4.01. The number of carbonyl (C=O) groups excluding carboxylic acids is 1. The summed E-state index contributed by atoms with van der Waals surface area (Å²) in [5.74, 6) is 1.18. The van der Waals surface area contributed by atoms with E-state index in [4.69, 9.17) is 0 Å². The molecule has 5 rings (SSSR count). The molecule has 7 heteroatoms. The fourth-order valence-electron chi connectivity index (χ4n) is 4.01. The quantitative estimate of drug-likeness (QED) is 0.528. The number of nitrogens with zero attached hydrogens (tertiary/aromatic N) is 6. The van der Waals surface area contributed by atoms with Gasteiger partial charge in [0.25, 0.3) is 5.91 Å². The second kappa shape index (κ2) is 7.67. The molecule has 0 radical (unpaired) electrons. The summed E-state index contributed by atoms with van der Waals surface area (Å²) in [5, 5.41) is 1.04. The van der Waals surface area contributed by atoms with Crippen molar-refractivity contribution in [1.82, 2.24) is 29.4 Å². The van der Waals surface area contributed by atoms with Crippen LogP contribution in [-0.4, -0.2) is 48.4 Å². The molecule has 0 saturated carbocycles. The highest BCUT2D eigenvalue weighted by Gasteiger charge is 2.28. The Bertz CT molecular complexity index is 1200. The number of carbonyl (C=O) groups is 1. The molecule has 0 spiro atoms. The Labute approximate surface area is 174 Å². The Balaban J connectivity index is 1.24. The minimum absolute atomic E-state index is 0.000493. The number of rotatable bonds is 4. The number of fused-ring (bicyclic) bond motifs is 1. The van der Waals surface area contributed by atoms with Crippen molar-refractivity contribution in [2.75, 3.05) is 13.1 Å². The van der Waals surface area contributed by atoms with E-state index in [1.165, 1.54) is 0 Å². The smallest absolute Gasteiger partial charge is 0.272 e. The maximum absolute atomic E-state index is 12.9. The van der Waals surface area contributed by atoms with Crippen LogP contribution in [0.5, 0.6) is 0 Å². The van der Waals surface area contributed by atoms with Gasteiger partial charge in [-0.05, 0) is 30.9 Å². The van der Waals surface area contributed by atoms with Crippen LogP contribution in [0.3, 0.4) is 0 Å². The van der Waals surface area contributed by atoms with E-state index in [9.17, 15) is 4.79 Å². The molecule has 0 bridgehead atoms. The molecule has 150 valence electrons. The standard InChI is InChI=1S/C23H22N6O/c1-28-11-9-24-22(28)21-14-25-18(13-26-21)12-16-8-10-29(15-16)23(30)20-7-6-17-4-2-3-5-19(17)27-20/h2-7,9,11,13-14,16H,8,10,12,15H2,1H3. The second-order valence-corrected chi connectivity index (χ2v) is 7.75. The first kappa shape index (κ1) is 18.4. The third-order valence-corrected chi connectivity index (χ3v) is 5.64. The van der Waals surface area contributed by atoms with Crippen molar-refractivity contribution in [2.24, 2.45) is 13.0 Å². The molecule has 1 aromatic carbocycles. The molecule has 1 amide bonds. The van der Waals surface area contributed by atoms with Crippen molar-refractivity contribution in [1.29, 1.82) is 0 Å². The summed E-state index contributed by atoms with van der Waals surface area (Å²) < 4.78 is 1.92. The number of pyridine rings is 1. The van der Waals surface area contributed by atoms with Gasteiger partial charge < -0.3 is 9.47 Å². The molecule has 1 atom stereocenters. The highest BCUT2D eigenvalue weighted by atomic mass is 16.2. The van der Waals surface area contributed by atoms with Gasteiger partial charge in [-0.25, -0.2) is 15.0 Å². The molecule has 3 aromatic heterocycles. The summed E-state index contributed by atoms with van der Waals surface area (Å²) in [6.07, 6.45) is 9.00. The van der Waals surface area contributed by atoms with E-state index in [1.807, 2.05) is 65.3 Å². The van der Waals surface area contributed by atoms with Crippen molar-refractivity contribution >= 4 is 16.8 Å². The van der Waals surface area contributed by atoms with Crippen LogP contribution < -0.4 is 0 Å². The van der Waals surface area contributed by atoms with Gasteiger partial charge >= 0.3 is 0 Å². The molecule has 4 heterocycles. The summed E-state index contributed by atoms with van der Waals surface area (Å²) in [6.45, 7) is 1.47. The molecule has 1 aliphatic heterocycles. The van der Waals surface area contributed by atoms with Crippen LogP contribution in [-0.2, 0) is 13.5 Å². The third kappa shape index (κ3) is 3.54. The first-order chi connectivity index (χ1) is 14.7. The Morgan fingerprint density at radius 2 is 2.00 bits per heavy atom. The number of benzene rings is 1. The molecule has 0 N–H and O–H groups in total. The fraction of sp³-hybridized carbons (Fsp3) is 0.261. The predicted molar refractivity (Wildman–Crippen MR) is 114 cm³/mol. The van der Waals surface area contributed by atoms with Gasteiger partial charge in [-0.1, -0.05) is 24.3 Å². The van der Waals surface area contributed by atoms with E-state index >= 15 is 0 Å². The van der Waals surface area contributed by atoms with Crippen LogP contribution in [0, 0.1) is 5.92 Å². The number of para-hydroxylation sites is 1. The SMILES string of the molecule is Cn1ccnc1-c1cnc(CC2CCN(C(=O)c3ccc4ccccc4n3)C2)cn1. The molecule has 0 aliphatic carbocycles. The molecule has 7 nitrogen and oxygen atoms in total. The lowest BCUT2D eigenvalue weighted by Gasteiger charge is -2.16. The molecule has 1 unspecified atom stereocenters. The number of aromatic nitrogens is 5. The number of imidazole rings is 1. The first-order valence-corrected chi connectivity index (χ1v) is 10.1. The second-order valence-electron chi connectivity index (χ2n) is 7.75. The average Bonchev–Trinajstić information content (AvgIpc) is 3.42. The number of hydrogen-bond donors (Lipinski definition) is 0. The highest BCUT2D eigenvalue weighted by Crippen LogP contribution is 2.23. The van der Waals surface area contributed by atoms with Crippen LogP contribution in [0.2, 0.25) is 0 Å². The van der Waals surface area contributed by atoms with E-state index in [-0.39, 0.29) is 5.91 Å². The van der Waals surface area contributed by atoms with Gasteiger partial charge in [-0.3, -0.25) is 9.78 Å². The van der Waals surface area contributed by atoms with Gasteiger partial charge in [0.15, 0.2) is 5.82 Å². The zero-order valence-electron chi connectivity index (χ0n) is 16.8. The lowest BCUT2D eigenvalue weighted by molar-refractivity contribution is 0.0781. The Kier molecular flexibility index (Phi) is 4.71. The minimum atomic E-state index is -0.000493. The third-order valence-electron chi connectivity index (χ3n) is 5.64. The number of likely N-dealkylation sites (tertiary alicyclic amines) is 1. The van der Waals surface area contributed by atoms with E-state index in [2.05, 4.69) is 19.9 Å². The Morgan fingerprint density at radius 3 is 2.80 bits per heavy atom. The predicted octanol–water partition coefficient (Wildman–Crippen LogP) is 3.13. The summed E-state index contributed by atoms with van der Waals surface area (Å²) in [4.78, 5) is 32.8. The lowest BCUT2D eigenvalue weighted by atomic mass is 10.0. The van der Waals surface area contributed by atoms with Crippen LogP contribution in [0.15, 0.2) is 61.2 Å². The zero-order valence-corrected chi connectivity index (χ0v) is 16.8. The van der Waals surface area contributed by atoms with E-state index < -0.39 is 0 Å². The summed E-state index contributed by atoms with van der Waals surface area (Å²) in [5.41, 5.74) is 3.06. The van der Waals surface area contributed by atoms with Crippen molar-refractivity contribution < 1.29 is 4.79 Å².